The minimum Gasteiger partial charge on any atom is -0.439 e. The highest BCUT2D eigenvalue weighted by molar-refractivity contribution is 5.48. The Morgan fingerprint density at radius 2 is 2.05 bits per heavy atom. The number of nitrogens with one attached hydrogen (secondary N) is 1. The summed E-state index contributed by atoms with van der Waals surface area (Å²) in [5, 5.41) is 3.19. The fourth-order valence-corrected chi connectivity index (χ4v) is 1.82. The standard InChI is InChI=1S/C15H19N3O/c1-4-12-7-6-8-13(9-12)19-15-11(3)14(16-5-2)17-10-18-15/h6-10H,4-5H2,1-3H3,(H,16,17,18). The zero-order valence-electron chi connectivity index (χ0n) is 11.6. The molecule has 0 spiro atoms. The summed E-state index contributed by atoms with van der Waals surface area (Å²) < 4.78 is 5.85. The molecule has 0 saturated heterocycles. The lowest BCUT2D eigenvalue weighted by Gasteiger charge is -2.11. The topological polar surface area (TPSA) is 47.0 Å². The van der Waals surface area contributed by atoms with E-state index < -0.39 is 0 Å². The average Bonchev–Trinajstić information content (AvgIpc) is 2.44. The third-order valence-corrected chi connectivity index (χ3v) is 2.90. The molecule has 4 nitrogen and oxygen atoms in total. The average molecular weight is 257 g/mol. The van der Waals surface area contributed by atoms with Gasteiger partial charge in [-0.2, -0.15) is 0 Å². The van der Waals surface area contributed by atoms with Crippen LogP contribution in [-0.2, 0) is 6.42 Å². The molecule has 0 saturated carbocycles. The summed E-state index contributed by atoms with van der Waals surface area (Å²) in [6.07, 6.45) is 2.51. The van der Waals surface area contributed by atoms with Gasteiger partial charge < -0.3 is 10.1 Å². The molecule has 1 N–H and O–H groups in total. The molecule has 0 amide bonds. The van der Waals surface area contributed by atoms with Crippen molar-refractivity contribution in [3.8, 4) is 11.6 Å². The van der Waals surface area contributed by atoms with Crippen molar-refractivity contribution < 1.29 is 4.74 Å². The van der Waals surface area contributed by atoms with E-state index in [0.717, 1.165) is 30.1 Å². The van der Waals surface area contributed by atoms with Crippen molar-refractivity contribution in [3.05, 3.63) is 41.7 Å². The number of nitrogens with zero attached hydrogens (tertiary/aromatic N) is 2. The Balaban J connectivity index is 2.25. The van der Waals surface area contributed by atoms with Gasteiger partial charge in [0.1, 0.15) is 17.9 Å². The molecular formula is C15H19N3O. The summed E-state index contributed by atoms with van der Waals surface area (Å²) in [5.74, 6) is 2.22. The Hall–Kier alpha value is -2.10. The van der Waals surface area contributed by atoms with E-state index in [4.69, 9.17) is 4.74 Å². The third kappa shape index (κ3) is 3.22. The highest BCUT2D eigenvalue weighted by atomic mass is 16.5. The number of aryl methyl sites for hydroxylation is 1. The monoisotopic (exact) mass is 257 g/mol. The molecule has 0 fully saturated rings. The summed E-state index contributed by atoms with van der Waals surface area (Å²) in [6.45, 7) is 6.94. The van der Waals surface area contributed by atoms with Gasteiger partial charge in [0.05, 0.1) is 5.56 Å². The Labute approximate surface area is 113 Å². The largest absolute Gasteiger partial charge is 0.439 e. The van der Waals surface area contributed by atoms with Crippen LogP contribution in [0.2, 0.25) is 0 Å². The summed E-state index contributed by atoms with van der Waals surface area (Å²) >= 11 is 0. The molecule has 4 heteroatoms. The van der Waals surface area contributed by atoms with Crippen LogP contribution in [0.1, 0.15) is 25.0 Å². The van der Waals surface area contributed by atoms with Gasteiger partial charge in [-0.05, 0) is 38.0 Å². The van der Waals surface area contributed by atoms with Crippen LogP contribution < -0.4 is 10.1 Å². The lowest BCUT2D eigenvalue weighted by molar-refractivity contribution is 0.457. The lowest BCUT2D eigenvalue weighted by Crippen LogP contribution is -2.03. The van der Waals surface area contributed by atoms with Gasteiger partial charge in [0.2, 0.25) is 5.88 Å². The van der Waals surface area contributed by atoms with E-state index in [9.17, 15) is 0 Å². The Kier molecular flexibility index (Phi) is 4.34. The minimum atomic E-state index is 0.596. The number of hydrogen-bond donors (Lipinski definition) is 1. The highest BCUT2D eigenvalue weighted by Crippen LogP contribution is 2.26. The maximum Gasteiger partial charge on any atom is 0.227 e. The maximum absolute atomic E-state index is 5.85. The van der Waals surface area contributed by atoms with E-state index in [1.165, 1.54) is 11.9 Å². The van der Waals surface area contributed by atoms with Gasteiger partial charge in [0.25, 0.3) is 0 Å². The van der Waals surface area contributed by atoms with Crippen molar-refractivity contribution in [2.45, 2.75) is 27.2 Å². The van der Waals surface area contributed by atoms with E-state index in [2.05, 4.69) is 28.3 Å². The van der Waals surface area contributed by atoms with Crippen LogP contribution in [0, 0.1) is 6.92 Å². The van der Waals surface area contributed by atoms with Crippen molar-refractivity contribution in [3.63, 3.8) is 0 Å². The SMILES string of the molecule is CCNc1ncnc(Oc2cccc(CC)c2)c1C. The van der Waals surface area contributed by atoms with E-state index in [0.29, 0.717) is 5.88 Å². The van der Waals surface area contributed by atoms with Gasteiger partial charge in [-0.3, -0.25) is 0 Å². The number of ether oxygens (including phenoxy) is 1. The number of hydrogen-bond acceptors (Lipinski definition) is 4. The fraction of sp³-hybridized carbons (Fsp3) is 0.333. The molecule has 0 unspecified atom stereocenters. The second kappa shape index (κ2) is 6.18. The lowest BCUT2D eigenvalue weighted by atomic mass is 10.2. The first-order valence-corrected chi connectivity index (χ1v) is 6.56. The number of anilines is 1. The molecule has 0 aliphatic carbocycles. The van der Waals surface area contributed by atoms with Crippen molar-refractivity contribution in [1.82, 2.24) is 9.97 Å². The summed E-state index contributed by atoms with van der Waals surface area (Å²) in [6, 6.07) is 8.06. The van der Waals surface area contributed by atoms with Crippen LogP contribution in [0.5, 0.6) is 11.6 Å². The Morgan fingerprint density at radius 3 is 2.79 bits per heavy atom. The van der Waals surface area contributed by atoms with Crippen LogP contribution in [0.15, 0.2) is 30.6 Å². The van der Waals surface area contributed by atoms with Crippen LogP contribution >= 0.6 is 0 Å². The molecule has 2 aromatic rings. The summed E-state index contributed by atoms with van der Waals surface area (Å²) in [5.41, 5.74) is 2.17. The van der Waals surface area contributed by atoms with Gasteiger partial charge >= 0.3 is 0 Å². The van der Waals surface area contributed by atoms with Crippen LogP contribution in [-0.4, -0.2) is 16.5 Å². The predicted octanol–water partition coefficient (Wildman–Crippen LogP) is 3.57. The normalized spacial score (nSPS) is 10.3. The van der Waals surface area contributed by atoms with Crippen molar-refractivity contribution in [2.75, 3.05) is 11.9 Å². The number of aromatic nitrogens is 2. The van der Waals surface area contributed by atoms with E-state index in [1.807, 2.05) is 32.0 Å². The van der Waals surface area contributed by atoms with Crippen LogP contribution in [0.25, 0.3) is 0 Å². The van der Waals surface area contributed by atoms with Gasteiger partial charge in [-0.25, -0.2) is 9.97 Å². The first kappa shape index (κ1) is 13.3. The predicted molar refractivity (Wildman–Crippen MR) is 76.8 cm³/mol. The molecule has 0 atom stereocenters. The van der Waals surface area contributed by atoms with Gasteiger partial charge in [0.15, 0.2) is 0 Å². The van der Waals surface area contributed by atoms with E-state index in [1.54, 1.807) is 0 Å². The minimum absolute atomic E-state index is 0.596. The second-order valence-corrected chi connectivity index (χ2v) is 4.29. The molecule has 0 radical (unpaired) electrons. The zero-order valence-corrected chi connectivity index (χ0v) is 11.6. The van der Waals surface area contributed by atoms with Crippen molar-refractivity contribution in [2.24, 2.45) is 0 Å². The molecule has 1 aromatic carbocycles. The fourth-order valence-electron chi connectivity index (χ4n) is 1.82. The molecule has 100 valence electrons. The molecule has 1 aromatic heterocycles. The quantitative estimate of drug-likeness (QED) is 0.889. The molecule has 2 rings (SSSR count). The highest BCUT2D eigenvalue weighted by Gasteiger charge is 2.08. The first-order chi connectivity index (χ1) is 9.24. The maximum atomic E-state index is 5.85. The molecule has 0 aliphatic rings. The van der Waals surface area contributed by atoms with Gasteiger partial charge in [0, 0.05) is 6.54 Å². The molecule has 19 heavy (non-hydrogen) atoms. The molecule has 0 aliphatic heterocycles. The van der Waals surface area contributed by atoms with Crippen LogP contribution in [0.3, 0.4) is 0 Å². The van der Waals surface area contributed by atoms with Crippen molar-refractivity contribution in [1.29, 1.82) is 0 Å². The number of rotatable bonds is 5. The van der Waals surface area contributed by atoms with Gasteiger partial charge in [-0.1, -0.05) is 19.1 Å². The number of benzene rings is 1. The smallest absolute Gasteiger partial charge is 0.227 e. The van der Waals surface area contributed by atoms with Crippen LogP contribution in [0.4, 0.5) is 5.82 Å². The molecule has 0 bridgehead atoms. The zero-order chi connectivity index (χ0) is 13.7. The van der Waals surface area contributed by atoms with Crippen molar-refractivity contribution >= 4 is 5.82 Å². The first-order valence-electron chi connectivity index (χ1n) is 6.56. The van der Waals surface area contributed by atoms with E-state index in [-0.39, 0.29) is 0 Å². The molecular weight excluding hydrogens is 238 g/mol. The summed E-state index contributed by atoms with van der Waals surface area (Å²) in [4.78, 5) is 8.40. The Morgan fingerprint density at radius 1 is 1.21 bits per heavy atom. The Bertz CT molecular complexity index is 555. The summed E-state index contributed by atoms with van der Waals surface area (Å²) in [7, 11) is 0. The second-order valence-electron chi connectivity index (χ2n) is 4.29. The van der Waals surface area contributed by atoms with Gasteiger partial charge in [-0.15, -0.1) is 0 Å². The molecule has 1 heterocycles. The third-order valence-electron chi connectivity index (χ3n) is 2.90. The van der Waals surface area contributed by atoms with E-state index >= 15 is 0 Å².